The van der Waals surface area contributed by atoms with Crippen LogP contribution in [0.15, 0.2) is 18.2 Å². The smallest absolute Gasteiger partial charge is 0.395 e. The second kappa shape index (κ2) is 8.73. The van der Waals surface area contributed by atoms with Crippen LogP contribution in [-0.4, -0.2) is 55.1 Å². The third kappa shape index (κ3) is 7.85. The molecule has 0 saturated heterocycles. The molecule has 0 heterocycles. The number of aliphatic hydroxyl groups excluding tert-OH is 1. The standard InChI is InChI=1S/C15H21F3N2O3/c1-11-7-12(2)9-13(8-11)19-14(22)20(3-5-21)4-6-23-10-15(16,17)18/h7-9,21H,3-6,10H2,1-2H3,(H,19,22). The van der Waals surface area contributed by atoms with Gasteiger partial charge in [-0.25, -0.2) is 4.79 Å². The van der Waals surface area contributed by atoms with Crippen LogP contribution in [0.25, 0.3) is 0 Å². The highest BCUT2D eigenvalue weighted by molar-refractivity contribution is 5.89. The Kier molecular flexibility index (Phi) is 7.31. The number of aliphatic hydroxyl groups is 1. The van der Waals surface area contributed by atoms with E-state index >= 15 is 0 Å². The molecule has 0 fully saturated rings. The molecular weight excluding hydrogens is 313 g/mol. The predicted molar refractivity (Wildman–Crippen MR) is 80.5 cm³/mol. The number of alkyl halides is 3. The molecule has 130 valence electrons. The lowest BCUT2D eigenvalue weighted by Gasteiger charge is -2.22. The molecule has 2 amide bonds. The van der Waals surface area contributed by atoms with E-state index in [9.17, 15) is 18.0 Å². The minimum absolute atomic E-state index is 0.00596. The Morgan fingerprint density at radius 2 is 1.83 bits per heavy atom. The highest BCUT2D eigenvalue weighted by Gasteiger charge is 2.27. The average molecular weight is 334 g/mol. The third-order valence-corrected chi connectivity index (χ3v) is 2.90. The van der Waals surface area contributed by atoms with E-state index in [2.05, 4.69) is 10.1 Å². The van der Waals surface area contributed by atoms with Crippen molar-refractivity contribution in [3.8, 4) is 0 Å². The molecule has 0 unspecified atom stereocenters. The van der Waals surface area contributed by atoms with Gasteiger partial charge in [-0.3, -0.25) is 0 Å². The van der Waals surface area contributed by atoms with Crippen LogP contribution in [0, 0.1) is 13.8 Å². The van der Waals surface area contributed by atoms with Gasteiger partial charge in [0, 0.05) is 18.8 Å². The Bertz CT molecular complexity index is 501. The number of aryl methyl sites for hydroxylation is 2. The lowest BCUT2D eigenvalue weighted by atomic mass is 10.1. The van der Waals surface area contributed by atoms with Gasteiger partial charge in [-0.05, 0) is 37.1 Å². The molecule has 0 bridgehead atoms. The first-order valence-electron chi connectivity index (χ1n) is 7.11. The van der Waals surface area contributed by atoms with Gasteiger partial charge >= 0.3 is 12.2 Å². The van der Waals surface area contributed by atoms with Crippen LogP contribution < -0.4 is 5.32 Å². The van der Waals surface area contributed by atoms with E-state index < -0.39 is 18.8 Å². The largest absolute Gasteiger partial charge is 0.411 e. The number of hydrogen-bond donors (Lipinski definition) is 2. The summed E-state index contributed by atoms with van der Waals surface area (Å²) in [4.78, 5) is 13.3. The Labute approximate surface area is 133 Å². The van der Waals surface area contributed by atoms with Crippen LogP contribution >= 0.6 is 0 Å². The summed E-state index contributed by atoms with van der Waals surface area (Å²) >= 11 is 0. The van der Waals surface area contributed by atoms with Crippen LogP contribution in [0.2, 0.25) is 0 Å². The molecule has 8 heteroatoms. The maximum Gasteiger partial charge on any atom is 0.411 e. The van der Waals surface area contributed by atoms with E-state index in [0.29, 0.717) is 5.69 Å². The fourth-order valence-electron chi connectivity index (χ4n) is 2.05. The van der Waals surface area contributed by atoms with Crippen molar-refractivity contribution in [2.75, 3.05) is 38.2 Å². The zero-order valence-corrected chi connectivity index (χ0v) is 13.1. The average Bonchev–Trinajstić information content (AvgIpc) is 2.39. The van der Waals surface area contributed by atoms with Crippen molar-refractivity contribution in [1.29, 1.82) is 0 Å². The number of benzene rings is 1. The molecule has 0 aliphatic heterocycles. The van der Waals surface area contributed by atoms with E-state index in [1.807, 2.05) is 19.9 Å². The number of ether oxygens (including phenoxy) is 1. The van der Waals surface area contributed by atoms with Gasteiger partial charge in [-0.15, -0.1) is 0 Å². The summed E-state index contributed by atoms with van der Waals surface area (Å²) in [6.45, 7) is 1.81. The second-order valence-corrected chi connectivity index (χ2v) is 5.18. The summed E-state index contributed by atoms with van der Waals surface area (Å²) in [7, 11) is 0. The molecule has 2 N–H and O–H groups in total. The van der Waals surface area contributed by atoms with Crippen molar-refractivity contribution >= 4 is 11.7 Å². The summed E-state index contributed by atoms with van der Waals surface area (Å²) in [6, 6.07) is 5.01. The molecule has 0 aromatic heterocycles. The van der Waals surface area contributed by atoms with Crippen LogP contribution in [-0.2, 0) is 4.74 Å². The highest BCUT2D eigenvalue weighted by Crippen LogP contribution is 2.15. The van der Waals surface area contributed by atoms with Gasteiger partial charge in [0.2, 0.25) is 0 Å². The van der Waals surface area contributed by atoms with E-state index in [0.717, 1.165) is 11.1 Å². The molecule has 0 aliphatic carbocycles. The van der Waals surface area contributed by atoms with Gasteiger partial charge in [0.1, 0.15) is 6.61 Å². The molecule has 1 aromatic rings. The first-order valence-corrected chi connectivity index (χ1v) is 7.11. The molecule has 0 spiro atoms. The number of nitrogens with one attached hydrogen (secondary N) is 1. The van der Waals surface area contributed by atoms with Gasteiger partial charge in [0.15, 0.2) is 0 Å². The van der Waals surface area contributed by atoms with Gasteiger partial charge < -0.3 is 20.1 Å². The summed E-state index contributed by atoms with van der Waals surface area (Å²) in [5.74, 6) is 0. The fraction of sp³-hybridized carbons (Fsp3) is 0.533. The number of anilines is 1. The number of carbonyl (C=O) groups excluding carboxylic acids is 1. The molecule has 0 aliphatic rings. The van der Waals surface area contributed by atoms with Crippen molar-refractivity contribution in [3.05, 3.63) is 29.3 Å². The fourth-order valence-corrected chi connectivity index (χ4v) is 2.05. The maximum absolute atomic E-state index is 12.1. The second-order valence-electron chi connectivity index (χ2n) is 5.18. The predicted octanol–water partition coefficient (Wildman–Crippen LogP) is 2.71. The van der Waals surface area contributed by atoms with Crippen molar-refractivity contribution in [1.82, 2.24) is 4.90 Å². The van der Waals surface area contributed by atoms with Crippen molar-refractivity contribution < 1.29 is 27.8 Å². The zero-order chi connectivity index (χ0) is 17.5. The van der Waals surface area contributed by atoms with Crippen LogP contribution in [0.1, 0.15) is 11.1 Å². The molecule has 0 atom stereocenters. The lowest BCUT2D eigenvalue weighted by Crippen LogP contribution is -2.39. The lowest BCUT2D eigenvalue weighted by molar-refractivity contribution is -0.174. The van der Waals surface area contributed by atoms with Gasteiger partial charge in [0.25, 0.3) is 0 Å². The molecule has 23 heavy (non-hydrogen) atoms. The Morgan fingerprint density at radius 1 is 1.22 bits per heavy atom. The Hall–Kier alpha value is -1.80. The van der Waals surface area contributed by atoms with Crippen LogP contribution in [0.4, 0.5) is 23.7 Å². The van der Waals surface area contributed by atoms with Crippen molar-refractivity contribution in [3.63, 3.8) is 0 Å². The Balaban J connectivity index is 2.56. The van der Waals surface area contributed by atoms with Crippen molar-refractivity contribution in [2.24, 2.45) is 0 Å². The molecule has 1 rings (SSSR count). The number of rotatable bonds is 7. The van der Waals surface area contributed by atoms with Gasteiger partial charge in [0.05, 0.1) is 13.2 Å². The normalized spacial score (nSPS) is 11.4. The number of halogens is 3. The number of nitrogens with zero attached hydrogens (tertiary/aromatic N) is 1. The summed E-state index contributed by atoms with van der Waals surface area (Å²) in [5, 5.41) is 11.6. The number of carbonyl (C=O) groups is 1. The first-order chi connectivity index (χ1) is 10.7. The van der Waals surface area contributed by atoms with Crippen LogP contribution in [0.3, 0.4) is 0 Å². The minimum atomic E-state index is -4.40. The van der Waals surface area contributed by atoms with E-state index in [1.165, 1.54) is 4.90 Å². The quantitative estimate of drug-likeness (QED) is 0.754. The molecule has 1 aromatic carbocycles. The summed E-state index contributed by atoms with van der Waals surface area (Å²) in [6.07, 6.45) is -4.40. The number of urea groups is 1. The topological polar surface area (TPSA) is 61.8 Å². The number of hydrogen-bond acceptors (Lipinski definition) is 3. The first kappa shape index (κ1) is 19.2. The zero-order valence-electron chi connectivity index (χ0n) is 13.1. The Morgan fingerprint density at radius 3 is 2.35 bits per heavy atom. The molecule has 0 saturated carbocycles. The molecule has 0 radical (unpaired) electrons. The minimum Gasteiger partial charge on any atom is -0.395 e. The van der Waals surface area contributed by atoms with E-state index in [-0.39, 0.29) is 26.3 Å². The monoisotopic (exact) mass is 334 g/mol. The number of amides is 2. The third-order valence-electron chi connectivity index (χ3n) is 2.90. The summed E-state index contributed by atoms with van der Waals surface area (Å²) < 4.78 is 40.5. The SMILES string of the molecule is Cc1cc(C)cc(NC(=O)N(CCO)CCOCC(F)(F)F)c1. The highest BCUT2D eigenvalue weighted by atomic mass is 19.4. The van der Waals surface area contributed by atoms with E-state index in [1.54, 1.807) is 12.1 Å². The van der Waals surface area contributed by atoms with Crippen LogP contribution in [0.5, 0.6) is 0 Å². The van der Waals surface area contributed by atoms with Crippen molar-refractivity contribution in [2.45, 2.75) is 20.0 Å². The van der Waals surface area contributed by atoms with E-state index in [4.69, 9.17) is 5.11 Å². The maximum atomic E-state index is 12.1. The molecular formula is C15H21F3N2O3. The van der Waals surface area contributed by atoms with Gasteiger partial charge in [-0.1, -0.05) is 6.07 Å². The summed E-state index contributed by atoms with van der Waals surface area (Å²) in [5.41, 5.74) is 2.54. The van der Waals surface area contributed by atoms with Gasteiger partial charge in [-0.2, -0.15) is 13.2 Å². The molecule has 5 nitrogen and oxygen atoms in total.